The largest absolute Gasteiger partial charge is 0.423 e. The molecule has 6 nitrogen and oxygen atoms in total. The fourth-order valence-corrected chi connectivity index (χ4v) is 3.39. The summed E-state index contributed by atoms with van der Waals surface area (Å²) in [5.41, 5.74) is 3.07. The predicted molar refractivity (Wildman–Crippen MR) is 131 cm³/mol. The SMILES string of the molecule is Cc1c(N=Cc2ccccc2OC(=O)/C=C/c2ccccc2)c(=O)n(-c2ccccc2)n1C. The van der Waals surface area contributed by atoms with Gasteiger partial charge in [-0.05, 0) is 42.8 Å². The number of aromatic nitrogens is 2. The number of hydrogen-bond donors (Lipinski definition) is 0. The van der Waals surface area contributed by atoms with Crippen molar-refractivity contribution < 1.29 is 9.53 Å². The normalized spacial score (nSPS) is 11.3. The highest BCUT2D eigenvalue weighted by molar-refractivity contribution is 5.91. The number of aliphatic imine (C=N–C) groups is 1. The Kier molecular flexibility index (Phi) is 6.45. The van der Waals surface area contributed by atoms with Gasteiger partial charge in [0.25, 0.3) is 5.56 Å². The highest BCUT2D eigenvalue weighted by Gasteiger charge is 2.15. The van der Waals surface area contributed by atoms with E-state index in [1.54, 1.807) is 39.9 Å². The summed E-state index contributed by atoms with van der Waals surface area (Å²) in [6, 6.07) is 26.0. The molecule has 0 unspecified atom stereocenters. The van der Waals surface area contributed by atoms with Crippen molar-refractivity contribution in [2.75, 3.05) is 0 Å². The lowest BCUT2D eigenvalue weighted by Crippen LogP contribution is -2.19. The molecule has 0 fully saturated rings. The third-order valence-corrected chi connectivity index (χ3v) is 5.20. The summed E-state index contributed by atoms with van der Waals surface area (Å²) in [5, 5.41) is 0. The van der Waals surface area contributed by atoms with E-state index in [-0.39, 0.29) is 5.56 Å². The van der Waals surface area contributed by atoms with E-state index in [0.717, 1.165) is 16.9 Å². The van der Waals surface area contributed by atoms with Crippen LogP contribution in [-0.4, -0.2) is 21.5 Å². The lowest BCUT2D eigenvalue weighted by atomic mass is 10.2. The van der Waals surface area contributed by atoms with Gasteiger partial charge in [-0.25, -0.2) is 14.5 Å². The third-order valence-electron chi connectivity index (χ3n) is 5.20. The summed E-state index contributed by atoms with van der Waals surface area (Å²) in [7, 11) is 1.82. The molecule has 4 aromatic rings. The summed E-state index contributed by atoms with van der Waals surface area (Å²) in [6.45, 7) is 1.84. The van der Waals surface area contributed by atoms with Gasteiger partial charge in [0.2, 0.25) is 0 Å². The first-order valence-electron chi connectivity index (χ1n) is 10.5. The molecule has 0 saturated heterocycles. The minimum absolute atomic E-state index is 0.224. The Hall–Kier alpha value is -4.45. The lowest BCUT2D eigenvalue weighted by molar-refractivity contribution is -0.128. The van der Waals surface area contributed by atoms with Gasteiger partial charge in [0.1, 0.15) is 5.75 Å². The van der Waals surface area contributed by atoms with Crippen LogP contribution in [0, 0.1) is 6.92 Å². The first-order chi connectivity index (χ1) is 16.0. The molecule has 3 aromatic carbocycles. The molecule has 4 rings (SSSR count). The molecule has 0 bridgehead atoms. The van der Waals surface area contributed by atoms with Crippen LogP contribution in [-0.2, 0) is 11.8 Å². The number of para-hydroxylation sites is 2. The Labute approximate surface area is 191 Å². The molecule has 0 N–H and O–H groups in total. The van der Waals surface area contributed by atoms with E-state index < -0.39 is 5.97 Å². The van der Waals surface area contributed by atoms with Gasteiger partial charge >= 0.3 is 5.97 Å². The van der Waals surface area contributed by atoms with Crippen molar-refractivity contribution in [3.63, 3.8) is 0 Å². The van der Waals surface area contributed by atoms with Crippen molar-refractivity contribution >= 4 is 23.9 Å². The van der Waals surface area contributed by atoms with Gasteiger partial charge in [-0.2, -0.15) is 0 Å². The van der Waals surface area contributed by atoms with Crippen LogP contribution in [0.5, 0.6) is 5.75 Å². The zero-order valence-corrected chi connectivity index (χ0v) is 18.4. The number of rotatable bonds is 6. The summed E-state index contributed by atoms with van der Waals surface area (Å²) in [4.78, 5) is 29.8. The van der Waals surface area contributed by atoms with Crippen LogP contribution >= 0.6 is 0 Å². The molecular weight excluding hydrogens is 414 g/mol. The highest BCUT2D eigenvalue weighted by Crippen LogP contribution is 2.20. The Morgan fingerprint density at radius 1 is 0.909 bits per heavy atom. The van der Waals surface area contributed by atoms with Gasteiger partial charge < -0.3 is 4.74 Å². The van der Waals surface area contributed by atoms with Gasteiger partial charge in [-0.3, -0.25) is 9.48 Å². The number of nitrogens with zero attached hydrogens (tertiary/aromatic N) is 3. The van der Waals surface area contributed by atoms with Gasteiger partial charge in [0, 0.05) is 24.9 Å². The number of esters is 1. The van der Waals surface area contributed by atoms with Crippen LogP contribution < -0.4 is 10.3 Å². The second kappa shape index (κ2) is 9.78. The maximum atomic E-state index is 13.0. The van der Waals surface area contributed by atoms with Crippen LogP contribution in [0.25, 0.3) is 11.8 Å². The molecular formula is C27H23N3O3. The smallest absolute Gasteiger partial charge is 0.336 e. The van der Waals surface area contributed by atoms with Crippen LogP contribution in [0.2, 0.25) is 0 Å². The van der Waals surface area contributed by atoms with E-state index in [9.17, 15) is 9.59 Å². The van der Waals surface area contributed by atoms with Crippen LogP contribution in [0.4, 0.5) is 5.69 Å². The molecule has 0 saturated carbocycles. The van der Waals surface area contributed by atoms with Crippen LogP contribution in [0.15, 0.2) is 101 Å². The Balaban J connectivity index is 1.59. The predicted octanol–water partition coefficient (Wildman–Crippen LogP) is 4.85. The quantitative estimate of drug-likeness (QED) is 0.187. The minimum Gasteiger partial charge on any atom is -0.423 e. The van der Waals surface area contributed by atoms with E-state index in [1.807, 2.05) is 80.7 Å². The highest BCUT2D eigenvalue weighted by atomic mass is 16.5. The van der Waals surface area contributed by atoms with Crippen molar-refractivity contribution in [3.05, 3.63) is 118 Å². The molecule has 0 atom stereocenters. The molecule has 33 heavy (non-hydrogen) atoms. The Morgan fingerprint density at radius 3 is 2.27 bits per heavy atom. The molecule has 0 aliphatic rings. The zero-order valence-electron chi connectivity index (χ0n) is 18.4. The van der Waals surface area contributed by atoms with E-state index in [1.165, 1.54) is 6.08 Å². The molecule has 0 radical (unpaired) electrons. The number of carbonyl (C=O) groups is 1. The Bertz CT molecular complexity index is 1380. The summed E-state index contributed by atoms with van der Waals surface area (Å²) < 4.78 is 8.85. The minimum atomic E-state index is -0.498. The fourth-order valence-electron chi connectivity index (χ4n) is 3.39. The number of ether oxygens (including phenoxy) is 1. The van der Waals surface area contributed by atoms with Crippen molar-refractivity contribution in [3.8, 4) is 11.4 Å². The van der Waals surface area contributed by atoms with E-state index in [2.05, 4.69) is 4.99 Å². The maximum absolute atomic E-state index is 13.0. The van der Waals surface area contributed by atoms with E-state index >= 15 is 0 Å². The van der Waals surface area contributed by atoms with Gasteiger partial charge in [0.15, 0.2) is 5.69 Å². The zero-order chi connectivity index (χ0) is 23.2. The number of benzene rings is 3. The molecule has 0 aliphatic heterocycles. The molecule has 1 heterocycles. The molecule has 0 spiro atoms. The summed E-state index contributed by atoms with van der Waals surface area (Å²) in [6.07, 6.45) is 4.62. The van der Waals surface area contributed by atoms with E-state index in [0.29, 0.717) is 17.0 Å². The van der Waals surface area contributed by atoms with Crippen LogP contribution in [0.3, 0.4) is 0 Å². The first-order valence-corrected chi connectivity index (χ1v) is 10.5. The standard InChI is InChI=1S/C27H23N3O3/c1-20-26(27(32)30(29(20)2)23-14-7-4-8-15-23)28-19-22-13-9-10-16-24(22)33-25(31)18-17-21-11-5-3-6-12-21/h3-19H,1-2H3/b18-17+,28-19?. The van der Waals surface area contributed by atoms with Gasteiger partial charge in [-0.1, -0.05) is 60.7 Å². The van der Waals surface area contributed by atoms with Gasteiger partial charge in [0.05, 0.1) is 11.4 Å². The van der Waals surface area contributed by atoms with Crippen LogP contribution in [0.1, 0.15) is 16.8 Å². The molecule has 6 heteroatoms. The second-order valence-corrected chi connectivity index (χ2v) is 7.37. The molecule has 0 amide bonds. The molecule has 164 valence electrons. The average molecular weight is 437 g/mol. The average Bonchev–Trinajstić information content (AvgIpc) is 3.06. The molecule has 0 aliphatic carbocycles. The maximum Gasteiger partial charge on any atom is 0.336 e. The number of carbonyl (C=O) groups excluding carboxylic acids is 1. The summed E-state index contributed by atoms with van der Waals surface area (Å²) in [5.74, 6) is -0.136. The van der Waals surface area contributed by atoms with Crippen molar-refractivity contribution in [2.24, 2.45) is 12.0 Å². The van der Waals surface area contributed by atoms with E-state index in [4.69, 9.17) is 4.74 Å². The second-order valence-electron chi connectivity index (χ2n) is 7.37. The topological polar surface area (TPSA) is 65.6 Å². The Morgan fingerprint density at radius 2 is 1.55 bits per heavy atom. The van der Waals surface area contributed by atoms with Gasteiger partial charge in [-0.15, -0.1) is 0 Å². The third kappa shape index (κ3) is 4.91. The lowest BCUT2D eigenvalue weighted by Gasteiger charge is -2.07. The first kappa shape index (κ1) is 21.8. The van der Waals surface area contributed by atoms with Crippen molar-refractivity contribution in [1.82, 2.24) is 9.36 Å². The summed E-state index contributed by atoms with van der Waals surface area (Å²) >= 11 is 0. The fraction of sp³-hybridized carbons (Fsp3) is 0.0741. The number of hydrogen-bond acceptors (Lipinski definition) is 4. The molecule has 1 aromatic heterocycles. The van der Waals surface area contributed by atoms with Crippen molar-refractivity contribution in [1.29, 1.82) is 0 Å². The van der Waals surface area contributed by atoms with Crippen molar-refractivity contribution in [2.45, 2.75) is 6.92 Å². The monoisotopic (exact) mass is 437 g/mol.